The molecule has 1 N–H and O–H groups in total. The Balaban J connectivity index is 2.39. The van der Waals surface area contributed by atoms with Gasteiger partial charge in [-0.2, -0.15) is 0 Å². The number of nitrogens with zero attached hydrogens (tertiary/aromatic N) is 1. The van der Waals surface area contributed by atoms with Crippen molar-refractivity contribution in [2.75, 3.05) is 4.90 Å². The predicted octanol–water partition coefficient (Wildman–Crippen LogP) is 2.52. The fraction of sp³-hybridized carbons (Fsp3) is 0.529. The van der Waals surface area contributed by atoms with Crippen molar-refractivity contribution in [3.63, 3.8) is 0 Å². The van der Waals surface area contributed by atoms with E-state index in [2.05, 4.69) is 26.1 Å². The highest BCUT2D eigenvalue weighted by molar-refractivity contribution is 6.08. The maximum atomic E-state index is 12.8. The Morgan fingerprint density at radius 3 is 2.52 bits per heavy atom. The van der Waals surface area contributed by atoms with E-state index in [4.69, 9.17) is 0 Å². The minimum Gasteiger partial charge on any atom is -0.342 e. The molecule has 1 aromatic carbocycles. The Hall–Kier alpha value is -1.84. The zero-order valence-corrected chi connectivity index (χ0v) is 13.2. The molecule has 2 rings (SSSR count). The van der Waals surface area contributed by atoms with E-state index in [1.54, 1.807) is 11.8 Å². The minimum absolute atomic E-state index is 0.00306. The third-order valence-corrected chi connectivity index (χ3v) is 3.96. The number of rotatable bonds is 4. The molecule has 0 bridgehead atoms. The predicted molar refractivity (Wildman–Crippen MR) is 84.2 cm³/mol. The van der Waals surface area contributed by atoms with Crippen LogP contribution in [0.25, 0.3) is 0 Å². The molecule has 2 unspecified atom stereocenters. The van der Waals surface area contributed by atoms with Crippen LogP contribution in [-0.4, -0.2) is 23.9 Å². The second-order valence-electron chi connectivity index (χ2n) is 6.06. The highest BCUT2D eigenvalue weighted by atomic mass is 16.2. The van der Waals surface area contributed by atoms with Gasteiger partial charge in [-0.3, -0.25) is 14.5 Å². The van der Waals surface area contributed by atoms with Gasteiger partial charge >= 0.3 is 0 Å². The second kappa shape index (κ2) is 6.29. The van der Waals surface area contributed by atoms with Crippen molar-refractivity contribution in [1.82, 2.24) is 5.32 Å². The van der Waals surface area contributed by atoms with Crippen LogP contribution < -0.4 is 10.2 Å². The van der Waals surface area contributed by atoms with Crippen molar-refractivity contribution < 1.29 is 9.59 Å². The van der Waals surface area contributed by atoms with Crippen molar-refractivity contribution in [1.29, 1.82) is 0 Å². The van der Waals surface area contributed by atoms with Gasteiger partial charge in [0.15, 0.2) is 0 Å². The molecular formula is C17H24N2O2. The van der Waals surface area contributed by atoms with Gasteiger partial charge in [0, 0.05) is 5.69 Å². The van der Waals surface area contributed by atoms with Crippen molar-refractivity contribution in [3.05, 3.63) is 29.8 Å². The number of piperazine rings is 1. The summed E-state index contributed by atoms with van der Waals surface area (Å²) in [6, 6.07) is 6.94. The number of nitrogens with one attached hydrogen (secondary N) is 1. The molecule has 4 nitrogen and oxygen atoms in total. The SMILES string of the molecule is CCc1ccccc1N1C(=O)C(CC(C)C)NC(=O)C1C. The zero-order valence-electron chi connectivity index (χ0n) is 13.2. The number of aryl methyl sites for hydroxylation is 1. The lowest BCUT2D eigenvalue weighted by atomic mass is 9.97. The van der Waals surface area contributed by atoms with E-state index in [-0.39, 0.29) is 11.8 Å². The van der Waals surface area contributed by atoms with Crippen LogP contribution in [0.3, 0.4) is 0 Å². The van der Waals surface area contributed by atoms with Crippen LogP contribution in [0.5, 0.6) is 0 Å². The average Bonchev–Trinajstić information content (AvgIpc) is 2.45. The van der Waals surface area contributed by atoms with Crippen molar-refractivity contribution in [2.45, 2.75) is 52.6 Å². The van der Waals surface area contributed by atoms with Crippen LogP contribution >= 0.6 is 0 Å². The van der Waals surface area contributed by atoms with Crippen molar-refractivity contribution in [2.24, 2.45) is 5.92 Å². The van der Waals surface area contributed by atoms with Gasteiger partial charge in [0.2, 0.25) is 11.8 Å². The molecule has 1 aliphatic rings. The van der Waals surface area contributed by atoms with E-state index in [0.717, 1.165) is 17.7 Å². The molecule has 114 valence electrons. The molecule has 2 atom stereocenters. The lowest BCUT2D eigenvalue weighted by Crippen LogP contribution is -2.63. The van der Waals surface area contributed by atoms with Crippen molar-refractivity contribution in [3.8, 4) is 0 Å². The van der Waals surface area contributed by atoms with Crippen LogP contribution in [-0.2, 0) is 16.0 Å². The summed E-state index contributed by atoms with van der Waals surface area (Å²) in [4.78, 5) is 26.7. The monoisotopic (exact) mass is 288 g/mol. The first-order valence-electron chi connectivity index (χ1n) is 7.67. The molecule has 0 spiro atoms. The van der Waals surface area contributed by atoms with Gasteiger partial charge in [-0.05, 0) is 37.3 Å². The van der Waals surface area contributed by atoms with E-state index in [1.807, 2.05) is 24.3 Å². The number of anilines is 1. The van der Waals surface area contributed by atoms with E-state index < -0.39 is 12.1 Å². The lowest BCUT2D eigenvalue weighted by Gasteiger charge is -2.38. The molecule has 4 heteroatoms. The highest BCUT2D eigenvalue weighted by Crippen LogP contribution is 2.27. The van der Waals surface area contributed by atoms with Crippen LogP contribution in [0.4, 0.5) is 5.69 Å². The molecule has 1 aliphatic heterocycles. The standard InChI is InChI=1S/C17H24N2O2/c1-5-13-8-6-7-9-15(13)19-12(4)16(20)18-14(17(19)21)10-11(2)3/h6-9,11-12,14H,5,10H2,1-4H3,(H,18,20). The van der Waals surface area contributed by atoms with E-state index in [0.29, 0.717) is 12.3 Å². The fourth-order valence-corrected chi connectivity index (χ4v) is 2.83. The first kappa shape index (κ1) is 15.5. The largest absolute Gasteiger partial charge is 0.342 e. The third-order valence-electron chi connectivity index (χ3n) is 3.96. The molecule has 1 fully saturated rings. The first-order valence-corrected chi connectivity index (χ1v) is 7.67. The summed E-state index contributed by atoms with van der Waals surface area (Å²) >= 11 is 0. The minimum atomic E-state index is -0.464. The van der Waals surface area contributed by atoms with Crippen LogP contribution in [0.1, 0.15) is 39.7 Å². The Kier molecular flexibility index (Phi) is 4.66. The summed E-state index contributed by atoms with van der Waals surface area (Å²) in [6.07, 6.45) is 1.51. The van der Waals surface area contributed by atoms with E-state index in [9.17, 15) is 9.59 Å². The summed E-state index contributed by atoms with van der Waals surface area (Å²) in [6.45, 7) is 7.96. The summed E-state index contributed by atoms with van der Waals surface area (Å²) in [5.74, 6) is 0.277. The normalized spacial score (nSPS) is 22.6. The molecule has 0 radical (unpaired) electrons. The first-order chi connectivity index (χ1) is 9.95. The maximum Gasteiger partial charge on any atom is 0.250 e. The quantitative estimate of drug-likeness (QED) is 0.925. The summed E-state index contributed by atoms with van der Waals surface area (Å²) in [5.41, 5.74) is 1.96. The number of benzene rings is 1. The third kappa shape index (κ3) is 3.09. The second-order valence-corrected chi connectivity index (χ2v) is 6.06. The molecular weight excluding hydrogens is 264 g/mol. The van der Waals surface area contributed by atoms with Crippen molar-refractivity contribution >= 4 is 17.5 Å². The van der Waals surface area contributed by atoms with Gasteiger partial charge in [0.25, 0.3) is 0 Å². The van der Waals surface area contributed by atoms with Crippen LogP contribution in [0.15, 0.2) is 24.3 Å². The van der Waals surface area contributed by atoms with Gasteiger partial charge in [-0.15, -0.1) is 0 Å². The lowest BCUT2D eigenvalue weighted by molar-refractivity contribution is -0.133. The van der Waals surface area contributed by atoms with Gasteiger partial charge in [-0.25, -0.2) is 0 Å². The summed E-state index contributed by atoms with van der Waals surface area (Å²) in [5, 5.41) is 2.85. The Bertz CT molecular complexity index is 539. The Morgan fingerprint density at radius 2 is 1.90 bits per heavy atom. The topological polar surface area (TPSA) is 49.4 Å². The van der Waals surface area contributed by atoms with Crippen LogP contribution in [0, 0.1) is 5.92 Å². The Labute approximate surface area is 126 Å². The number of hydrogen-bond acceptors (Lipinski definition) is 2. The summed E-state index contributed by atoms with van der Waals surface area (Å²) in [7, 11) is 0. The molecule has 1 saturated heterocycles. The number of para-hydroxylation sites is 1. The van der Waals surface area contributed by atoms with E-state index in [1.165, 1.54) is 0 Å². The van der Waals surface area contributed by atoms with E-state index >= 15 is 0 Å². The van der Waals surface area contributed by atoms with Gasteiger partial charge in [-0.1, -0.05) is 39.0 Å². The molecule has 2 amide bonds. The molecule has 1 heterocycles. The number of carbonyl (C=O) groups excluding carboxylic acids is 2. The molecule has 0 saturated carbocycles. The molecule has 1 aromatic rings. The number of carbonyl (C=O) groups is 2. The Morgan fingerprint density at radius 1 is 1.24 bits per heavy atom. The molecule has 0 aliphatic carbocycles. The number of hydrogen-bond donors (Lipinski definition) is 1. The van der Waals surface area contributed by atoms with Gasteiger partial charge < -0.3 is 5.32 Å². The molecule has 21 heavy (non-hydrogen) atoms. The summed E-state index contributed by atoms with van der Waals surface area (Å²) < 4.78 is 0. The molecule has 0 aromatic heterocycles. The number of amides is 2. The maximum absolute atomic E-state index is 12.8. The van der Waals surface area contributed by atoms with Gasteiger partial charge in [0.05, 0.1) is 0 Å². The average molecular weight is 288 g/mol. The van der Waals surface area contributed by atoms with Gasteiger partial charge in [0.1, 0.15) is 12.1 Å². The van der Waals surface area contributed by atoms with Crippen LogP contribution in [0.2, 0.25) is 0 Å². The smallest absolute Gasteiger partial charge is 0.250 e. The fourth-order valence-electron chi connectivity index (χ4n) is 2.83. The highest BCUT2D eigenvalue weighted by Gasteiger charge is 2.39. The zero-order chi connectivity index (χ0) is 15.6.